The molecule has 3 aromatic rings. The number of ether oxygens (including phenoxy) is 1. The van der Waals surface area contributed by atoms with Gasteiger partial charge in [0.25, 0.3) is 0 Å². The lowest BCUT2D eigenvalue weighted by Crippen LogP contribution is -2.40. The van der Waals surface area contributed by atoms with E-state index in [2.05, 4.69) is 21.6 Å². The molecule has 1 fully saturated rings. The van der Waals surface area contributed by atoms with Crippen LogP contribution in [0, 0.1) is 0 Å². The fourth-order valence-corrected chi connectivity index (χ4v) is 4.15. The molecule has 0 aliphatic carbocycles. The first-order chi connectivity index (χ1) is 14.7. The number of H-pyrrole nitrogens is 1. The maximum Gasteiger partial charge on any atom is 0.321 e. The Balaban J connectivity index is 1.34. The molecular formula is C23H26N4O2S. The summed E-state index contributed by atoms with van der Waals surface area (Å²) in [6, 6.07) is 17.9. The normalized spacial score (nSPS) is 14.5. The maximum atomic E-state index is 12.6. The van der Waals surface area contributed by atoms with Crippen LogP contribution in [0.25, 0.3) is 11.3 Å². The van der Waals surface area contributed by atoms with Crippen LogP contribution in [0.5, 0.6) is 5.75 Å². The predicted molar refractivity (Wildman–Crippen MR) is 121 cm³/mol. The second-order valence-corrected chi connectivity index (χ2v) is 8.24. The second-order valence-electron chi connectivity index (χ2n) is 7.36. The number of hydrogen-bond acceptors (Lipinski definition) is 4. The fourth-order valence-electron chi connectivity index (χ4n) is 3.75. The molecule has 1 aromatic heterocycles. The molecule has 0 saturated carbocycles. The van der Waals surface area contributed by atoms with Gasteiger partial charge in [0.2, 0.25) is 0 Å². The highest BCUT2D eigenvalue weighted by molar-refractivity contribution is 7.98. The van der Waals surface area contributed by atoms with Crippen molar-refractivity contribution in [1.29, 1.82) is 0 Å². The number of aromatic amines is 1. The number of carbonyl (C=O) groups excluding carboxylic acids is 1. The zero-order valence-corrected chi connectivity index (χ0v) is 18.0. The molecule has 1 aliphatic heterocycles. The van der Waals surface area contributed by atoms with E-state index in [4.69, 9.17) is 4.74 Å². The Kier molecular flexibility index (Phi) is 6.28. The van der Waals surface area contributed by atoms with E-state index in [-0.39, 0.29) is 6.03 Å². The first-order valence-corrected chi connectivity index (χ1v) is 11.3. The third kappa shape index (κ3) is 4.62. The van der Waals surface area contributed by atoms with Crippen LogP contribution in [0.4, 0.5) is 10.5 Å². The molecule has 2 N–H and O–H groups in total. The summed E-state index contributed by atoms with van der Waals surface area (Å²) < 4.78 is 5.31. The largest absolute Gasteiger partial charge is 0.497 e. The van der Waals surface area contributed by atoms with Gasteiger partial charge in [-0.05, 0) is 61.6 Å². The minimum Gasteiger partial charge on any atom is -0.497 e. The van der Waals surface area contributed by atoms with Gasteiger partial charge in [0.05, 0.1) is 12.8 Å². The van der Waals surface area contributed by atoms with Crippen molar-refractivity contribution in [2.75, 3.05) is 31.8 Å². The van der Waals surface area contributed by atoms with E-state index in [9.17, 15) is 4.79 Å². The molecule has 2 heterocycles. The number of thioether (sulfide) groups is 1. The van der Waals surface area contributed by atoms with Crippen LogP contribution in [0.15, 0.2) is 59.5 Å². The lowest BCUT2D eigenvalue weighted by Gasteiger charge is -2.31. The Hall–Kier alpha value is -2.93. The number of urea groups is 1. The molecule has 0 atom stereocenters. The van der Waals surface area contributed by atoms with Crippen molar-refractivity contribution >= 4 is 23.5 Å². The van der Waals surface area contributed by atoms with Gasteiger partial charge in [-0.15, -0.1) is 11.8 Å². The summed E-state index contributed by atoms with van der Waals surface area (Å²) in [7, 11) is 1.66. The summed E-state index contributed by atoms with van der Waals surface area (Å²) in [6.45, 7) is 1.46. The van der Waals surface area contributed by atoms with Gasteiger partial charge in [0.15, 0.2) is 0 Å². The molecule has 1 saturated heterocycles. The summed E-state index contributed by atoms with van der Waals surface area (Å²) in [5.74, 6) is 1.20. The van der Waals surface area contributed by atoms with Crippen molar-refractivity contribution in [2.45, 2.75) is 23.7 Å². The summed E-state index contributed by atoms with van der Waals surface area (Å²) in [5.41, 5.74) is 3.90. The number of aromatic nitrogens is 2. The Bertz CT molecular complexity index is 994. The molecule has 2 amide bonds. The smallest absolute Gasteiger partial charge is 0.321 e. The van der Waals surface area contributed by atoms with Crippen molar-refractivity contribution in [3.63, 3.8) is 0 Å². The van der Waals surface area contributed by atoms with E-state index in [1.807, 2.05) is 59.7 Å². The van der Waals surface area contributed by atoms with Gasteiger partial charge in [0.1, 0.15) is 5.75 Å². The Morgan fingerprint density at radius 1 is 1.17 bits per heavy atom. The number of likely N-dealkylation sites (tertiary alicyclic amines) is 1. The first kappa shape index (κ1) is 20.3. The molecule has 4 rings (SSSR count). The molecule has 2 aromatic carbocycles. The van der Waals surface area contributed by atoms with Crippen LogP contribution < -0.4 is 10.1 Å². The molecule has 156 valence electrons. The van der Waals surface area contributed by atoms with Crippen molar-refractivity contribution in [1.82, 2.24) is 15.1 Å². The van der Waals surface area contributed by atoms with Gasteiger partial charge in [-0.1, -0.05) is 12.1 Å². The maximum absolute atomic E-state index is 12.6. The van der Waals surface area contributed by atoms with Gasteiger partial charge in [-0.2, -0.15) is 5.10 Å². The Morgan fingerprint density at radius 2 is 1.93 bits per heavy atom. The standard InChI is InChI=1S/C23H26N4O2S/c1-29-19-5-3-4-17(14-19)22-15-21(25-26-22)16-10-12-27(13-11-16)23(28)24-18-6-8-20(30-2)9-7-18/h3-9,14-16H,10-13H2,1-2H3,(H,24,28)(H,25,26). The van der Waals surface area contributed by atoms with Crippen molar-refractivity contribution < 1.29 is 9.53 Å². The van der Waals surface area contributed by atoms with E-state index in [0.29, 0.717) is 5.92 Å². The van der Waals surface area contributed by atoms with Crippen LogP contribution in [0.1, 0.15) is 24.5 Å². The predicted octanol–water partition coefficient (Wildman–Crippen LogP) is 5.22. The molecule has 6 nitrogen and oxygen atoms in total. The summed E-state index contributed by atoms with van der Waals surface area (Å²) in [4.78, 5) is 15.7. The molecule has 30 heavy (non-hydrogen) atoms. The molecule has 0 spiro atoms. The zero-order chi connectivity index (χ0) is 20.9. The minimum absolute atomic E-state index is 0.0352. The number of amides is 2. The summed E-state index contributed by atoms with van der Waals surface area (Å²) in [6.07, 6.45) is 3.87. The first-order valence-electron chi connectivity index (χ1n) is 10.1. The molecule has 0 radical (unpaired) electrons. The SMILES string of the molecule is COc1cccc(-c2cc(C3CCN(C(=O)Nc4ccc(SC)cc4)CC3)[nH]n2)c1. The van der Waals surface area contributed by atoms with Crippen LogP contribution in [-0.4, -0.2) is 47.6 Å². The quantitative estimate of drug-likeness (QED) is 0.553. The summed E-state index contributed by atoms with van der Waals surface area (Å²) >= 11 is 1.69. The van der Waals surface area contributed by atoms with Crippen LogP contribution in [-0.2, 0) is 0 Å². The Labute approximate surface area is 181 Å². The number of hydrogen-bond donors (Lipinski definition) is 2. The summed E-state index contributed by atoms with van der Waals surface area (Å²) in [5, 5.41) is 10.7. The molecule has 7 heteroatoms. The van der Waals surface area contributed by atoms with Gasteiger partial charge < -0.3 is 15.0 Å². The van der Waals surface area contributed by atoms with E-state index in [0.717, 1.165) is 54.3 Å². The highest BCUT2D eigenvalue weighted by Crippen LogP contribution is 2.30. The number of nitrogens with zero attached hydrogens (tertiary/aromatic N) is 2. The van der Waals surface area contributed by atoms with Gasteiger partial charge in [0, 0.05) is 40.8 Å². The highest BCUT2D eigenvalue weighted by Gasteiger charge is 2.25. The van der Waals surface area contributed by atoms with E-state index < -0.39 is 0 Å². The lowest BCUT2D eigenvalue weighted by atomic mass is 9.93. The number of methoxy groups -OCH3 is 1. The third-order valence-electron chi connectivity index (χ3n) is 5.53. The lowest BCUT2D eigenvalue weighted by molar-refractivity contribution is 0.194. The average Bonchev–Trinajstić information content (AvgIpc) is 3.30. The minimum atomic E-state index is -0.0352. The Morgan fingerprint density at radius 3 is 2.63 bits per heavy atom. The number of benzene rings is 2. The fraction of sp³-hybridized carbons (Fsp3) is 0.304. The van der Waals surface area contributed by atoms with E-state index in [1.54, 1.807) is 18.9 Å². The highest BCUT2D eigenvalue weighted by atomic mass is 32.2. The molecular weight excluding hydrogens is 396 g/mol. The number of anilines is 1. The monoisotopic (exact) mass is 422 g/mol. The van der Waals surface area contributed by atoms with Gasteiger partial charge in [-0.3, -0.25) is 5.10 Å². The van der Waals surface area contributed by atoms with Crippen LogP contribution in [0.3, 0.4) is 0 Å². The average molecular weight is 423 g/mol. The van der Waals surface area contributed by atoms with Crippen molar-refractivity contribution in [3.05, 3.63) is 60.3 Å². The zero-order valence-electron chi connectivity index (χ0n) is 17.2. The van der Waals surface area contributed by atoms with E-state index >= 15 is 0 Å². The number of carbonyl (C=O) groups is 1. The topological polar surface area (TPSA) is 70.2 Å². The third-order valence-corrected chi connectivity index (χ3v) is 6.27. The molecule has 1 aliphatic rings. The van der Waals surface area contributed by atoms with E-state index in [1.165, 1.54) is 4.90 Å². The van der Waals surface area contributed by atoms with Gasteiger partial charge in [-0.25, -0.2) is 4.79 Å². The van der Waals surface area contributed by atoms with Crippen molar-refractivity contribution in [3.8, 4) is 17.0 Å². The van der Waals surface area contributed by atoms with Crippen LogP contribution in [0.2, 0.25) is 0 Å². The van der Waals surface area contributed by atoms with Crippen LogP contribution >= 0.6 is 11.8 Å². The number of rotatable bonds is 5. The second kappa shape index (κ2) is 9.26. The van der Waals surface area contributed by atoms with Crippen molar-refractivity contribution in [2.24, 2.45) is 0 Å². The molecule has 0 unspecified atom stereocenters. The number of piperidine rings is 1. The number of nitrogens with one attached hydrogen (secondary N) is 2. The molecule has 0 bridgehead atoms. The van der Waals surface area contributed by atoms with Gasteiger partial charge >= 0.3 is 6.03 Å².